The van der Waals surface area contributed by atoms with Gasteiger partial charge in [0.2, 0.25) is 0 Å². The van der Waals surface area contributed by atoms with E-state index in [1.807, 2.05) is 11.0 Å². The van der Waals surface area contributed by atoms with Gasteiger partial charge in [-0.2, -0.15) is 0 Å². The Morgan fingerprint density at radius 2 is 1.50 bits per heavy atom. The molecule has 0 unspecified atom stereocenters. The second-order valence-corrected chi connectivity index (χ2v) is 7.21. The number of amides is 2. The van der Waals surface area contributed by atoms with Crippen molar-refractivity contribution in [2.75, 3.05) is 38.1 Å². The molecular weight excluding hydrogens is 357 g/mol. The van der Waals surface area contributed by atoms with Gasteiger partial charge in [-0.1, -0.05) is 24.3 Å². The van der Waals surface area contributed by atoms with Crippen LogP contribution in [0.1, 0.15) is 11.1 Å². The molecule has 5 nitrogen and oxygen atoms in total. The van der Waals surface area contributed by atoms with Gasteiger partial charge in [-0.3, -0.25) is 14.5 Å². The van der Waals surface area contributed by atoms with Crippen molar-refractivity contribution in [1.82, 2.24) is 9.80 Å². The predicted octanol–water partition coefficient (Wildman–Crippen LogP) is 2.67. The van der Waals surface area contributed by atoms with Crippen LogP contribution in [-0.2, 0) is 9.59 Å². The molecule has 0 bridgehead atoms. The number of halogens is 1. The third kappa shape index (κ3) is 3.15. The first kappa shape index (κ1) is 18.2. The molecule has 2 aromatic carbocycles. The van der Waals surface area contributed by atoms with Crippen molar-refractivity contribution in [1.29, 1.82) is 0 Å². The number of hydrogen-bond acceptors (Lipinski definition) is 4. The average Bonchev–Trinajstić information content (AvgIpc) is 2.93. The molecule has 2 aliphatic rings. The lowest BCUT2D eigenvalue weighted by atomic mass is 10.0. The first-order valence-corrected chi connectivity index (χ1v) is 9.35. The topological polar surface area (TPSA) is 43.9 Å². The van der Waals surface area contributed by atoms with Crippen molar-refractivity contribution in [3.63, 3.8) is 0 Å². The van der Waals surface area contributed by atoms with Gasteiger partial charge in [0.1, 0.15) is 11.5 Å². The second-order valence-electron chi connectivity index (χ2n) is 7.21. The van der Waals surface area contributed by atoms with E-state index in [0.29, 0.717) is 29.9 Å². The summed E-state index contributed by atoms with van der Waals surface area (Å²) in [6.07, 6.45) is 0. The number of piperazine rings is 1. The van der Waals surface area contributed by atoms with Crippen LogP contribution in [0.4, 0.5) is 10.1 Å². The summed E-state index contributed by atoms with van der Waals surface area (Å²) in [5, 5.41) is 0. The Hall–Kier alpha value is -3.15. The molecule has 0 atom stereocenters. The van der Waals surface area contributed by atoms with Crippen molar-refractivity contribution in [2.24, 2.45) is 0 Å². The largest absolute Gasteiger partial charge is 0.368 e. The molecule has 144 valence electrons. The van der Waals surface area contributed by atoms with Gasteiger partial charge in [0.15, 0.2) is 0 Å². The maximum atomic E-state index is 13.3. The van der Waals surface area contributed by atoms with E-state index in [4.69, 9.17) is 0 Å². The zero-order valence-electron chi connectivity index (χ0n) is 16.0. The Morgan fingerprint density at radius 1 is 0.857 bits per heavy atom. The average molecular weight is 379 g/mol. The number of rotatable bonds is 3. The molecule has 2 heterocycles. The van der Waals surface area contributed by atoms with E-state index in [0.717, 1.165) is 18.0 Å². The van der Waals surface area contributed by atoms with Gasteiger partial charge in [0.05, 0.1) is 5.57 Å². The summed E-state index contributed by atoms with van der Waals surface area (Å²) in [4.78, 5) is 30.9. The Bertz CT molecular complexity index is 960. The van der Waals surface area contributed by atoms with Crippen LogP contribution >= 0.6 is 0 Å². The molecule has 2 amide bonds. The van der Waals surface area contributed by atoms with E-state index in [-0.39, 0.29) is 17.6 Å². The van der Waals surface area contributed by atoms with E-state index in [1.165, 1.54) is 30.4 Å². The van der Waals surface area contributed by atoms with E-state index < -0.39 is 0 Å². The minimum atomic E-state index is -0.372. The van der Waals surface area contributed by atoms with Crippen molar-refractivity contribution >= 4 is 23.1 Å². The zero-order chi connectivity index (χ0) is 19.8. The lowest BCUT2D eigenvalue weighted by molar-refractivity contribution is -0.135. The monoisotopic (exact) mass is 379 g/mol. The summed E-state index contributed by atoms with van der Waals surface area (Å²) < 4.78 is 13.3. The maximum Gasteiger partial charge on any atom is 0.277 e. The smallest absolute Gasteiger partial charge is 0.277 e. The standard InChI is InChI=1S/C22H22FN3O2/c1-15-4-3-5-18(14-15)25-10-12-26(13-11-25)20-19(21(27)24(2)22(20)28)16-6-8-17(23)9-7-16/h3-9,14H,10-13H2,1-2H3. The van der Waals surface area contributed by atoms with Crippen LogP contribution in [0.3, 0.4) is 0 Å². The maximum absolute atomic E-state index is 13.3. The number of likely N-dealkylation sites (N-methyl/N-ethyl adjacent to an activating group) is 1. The molecule has 0 aromatic heterocycles. The van der Waals surface area contributed by atoms with Crippen LogP contribution in [-0.4, -0.2) is 54.8 Å². The normalized spacial score (nSPS) is 17.8. The molecule has 1 saturated heterocycles. The van der Waals surface area contributed by atoms with Crippen LogP contribution in [0.15, 0.2) is 54.2 Å². The summed E-state index contributed by atoms with van der Waals surface area (Å²) in [5.74, 6) is -1.01. The summed E-state index contributed by atoms with van der Waals surface area (Å²) in [6, 6.07) is 14.1. The van der Waals surface area contributed by atoms with E-state index in [1.54, 1.807) is 12.1 Å². The zero-order valence-corrected chi connectivity index (χ0v) is 16.0. The first-order chi connectivity index (χ1) is 13.5. The lowest BCUT2D eigenvalue weighted by Gasteiger charge is -2.37. The number of carbonyl (C=O) groups is 2. The van der Waals surface area contributed by atoms with Crippen molar-refractivity contribution in [3.8, 4) is 0 Å². The molecule has 2 aromatic rings. The number of imide groups is 1. The summed E-state index contributed by atoms with van der Waals surface area (Å²) >= 11 is 0. The van der Waals surface area contributed by atoms with E-state index >= 15 is 0 Å². The first-order valence-electron chi connectivity index (χ1n) is 9.35. The Labute approximate surface area is 163 Å². The van der Waals surface area contributed by atoms with Gasteiger partial charge in [-0.25, -0.2) is 4.39 Å². The van der Waals surface area contributed by atoms with Crippen molar-refractivity contribution in [3.05, 3.63) is 71.2 Å². The van der Waals surface area contributed by atoms with Crippen molar-refractivity contribution in [2.45, 2.75) is 6.92 Å². The molecule has 1 fully saturated rings. The fraction of sp³-hybridized carbons (Fsp3) is 0.273. The SMILES string of the molecule is Cc1cccc(N2CCN(C3=C(c4ccc(F)cc4)C(=O)N(C)C3=O)CC2)c1. The molecule has 28 heavy (non-hydrogen) atoms. The quantitative estimate of drug-likeness (QED) is 0.769. The van der Waals surface area contributed by atoms with Crippen LogP contribution in [0.5, 0.6) is 0 Å². The molecule has 0 radical (unpaired) electrons. The Morgan fingerprint density at radius 3 is 2.14 bits per heavy atom. The van der Waals surface area contributed by atoms with Crippen molar-refractivity contribution < 1.29 is 14.0 Å². The third-order valence-corrected chi connectivity index (χ3v) is 5.36. The van der Waals surface area contributed by atoms with E-state index in [2.05, 4.69) is 30.0 Å². The second kappa shape index (κ2) is 7.11. The lowest BCUT2D eigenvalue weighted by Crippen LogP contribution is -2.47. The molecule has 0 spiro atoms. The molecule has 4 rings (SSSR count). The third-order valence-electron chi connectivity index (χ3n) is 5.36. The summed E-state index contributed by atoms with van der Waals surface area (Å²) in [7, 11) is 1.49. The molecule has 0 aliphatic carbocycles. The van der Waals surface area contributed by atoms with Gasteiger partial charge < -0.3 is 9.80 Å². The van der Waals surface area contributed by atoms with Crippen LogP contribution in [0, 0.1) is 12.7 Å². The van der Waals surface area contributed by atoms with Gasteiger partial charge in [-0.05, 0) is 42.3 Å². The minimum absolute atomic E-state index is 0.298. The summed E-state index contributed by atoms with van der Waals surface area (Å²) in [5.41, 5.74) is 3.72. The molecule has 2 aliphatic heterocycles. The number of nitrogens with zero attached hydrogens (tertiary/aromatic N) is 3. The molecular formula is C22H22FN3O2. The minimum Gasteiger partial charge on any atom is -0.368 e. The Balaban J connectivity index is 1.62. The highest BCUT2D eigenvalue weighted by atomic mass is 19.1. The molecule has 6 heteroatoms. The number of anilines is 1. The highest BCUT2D eigenvalue weighted by Gasteiger charge is 2.40. The molecule has 0 saturated carbocycles. The van der Waals surface area contributed by atoms with Gasteiger partial charge in [0.25, 0.3) is 11.8 Å². The molecule has 0 N–H and O–H groups in total. The predicted molar refractivity (Wildman–Crippen MR) is 106 cm³/mol. The highest BCUT2D eigenvalue weighted by molar-refractivity contribution is 6.35. The highest BCUT2D eigenvalue weighted by Crippen LogP contribution is 2.32. The number of hydrogen-bond donors (Lipinski definition) is 0. The van der Waals surface area contributed by atoms with Gasteiger partial charge in [-0.15, -0.1) is 0 Å². The van der Waals surface area contributed by atoms with Crippen LogP contribution < -0.4 is 4.90 Å². The number of benzene rings is 2. The summed E-state index contributed by atoms with van der Waals surface area (Å²) in [6.45, 7) is 4.86. The van der Waals surface area contributed by atoms with Gasteiger partial charge >= 0.3 is 0 Å². The Kier molecular flexibility index (Phi) is 4.63. The number of carbonyl (C=O) groups excluding carboxylic acids is 2. The van der Waals surface area contributed by atoms with Crippen LogP contribution in [0.2, 0.25) is 0 Å². The van der Waals surface area contributed by atoms with Gasteiger partial charge in [0, 0.05) is 38.9 Å². The van der Waals surface area contributed by atoms with Crippen LogP contribution in [0.25, 0.3) is 5.57 Å². The number of aryl methyl sites for hydroxylation is 1. The van der Waals surface area contributed by atoms with E-state index in [9.17, 15) is 14.0 Å². The fourth-order valence-electron chi connectivity index (χ4n) is 3.81. The fourth-order valence-corrected chi connectivity index (χ4v) is 3.81.